The van der Waals surface area contributed by atoms with E-state index in [2.05, 4.69) is 25.7 Å². The number of benzene rings is 1. The third-order valence-corrected chi connectivity index (χ3v) is 5.54. The molecule has 1 saturated heterocycles. The summed E-state index contributed by atoms with van der Waals surface area (Å²) in [6, 6.07) is 7.14. The first-order chi connectivity index (χ1) is 13.0. The normalized spacial score (nSPS) is 14.4. The molecule has 27 heavy (non-hydrogen) atoms. The van der Waals surface area contributed by atoms with Crippen LogP contribution < -0.4 is 15.6 Å². The van der Waals surface area contributed by atoms with Crippen molar-refractivity contribution in [1.29, 1.82) is 0 Å². The molecule has 0 saturated carbocycles. The molecule has 0 spiro atoms. The summed E-state index contributed by atoms with van der Waals surface area (Å²) < 4.78 is 0. The third-order valence-electron chi connectivity index (χ3n) is 4.09. The Bertz CT molecular complexity index is 844. The first kappa shape index (κ1) is 19.3. The Morgan fingerprint density at radius 3 is 2.59 bits per heavy atom. The van der Waals surface area contributed by atoms with E-state index in [0.717, 1.165) is 36.6 Å². The molecule has 1 aliphatic rings. The van der Waals surface area contributed by atoms with Crippen molar-refractivity contribution < 1.29 is 9.59 Å². The highest BCUT2D eigenvalue weighted by atomic mass is 35.5. The molecule has 2 amide bonds. The van der Waals surface area contributed by atoms with E-state index in [-0.39, 0.29) is 0 Å². The number of hydrogen-bond donors (Lipinski definition) is 2. The maximum absolute atomic E-state index is 11.9. The molecule has 2 N–H and O–H groups in total. The summed E-state index contributed by atoms with van der Waals surface area (Å²) in [5.74, 6) is -1.65. The summed E-state index contributed by atoms with van der Waals surface area (Å²) in [5, 5.41) is 7.52. The van der Waals surface area contributed by atoms with Crippen molar-refractivity contribution in [1.82, 2.24) is 10.4 Å². The third kappa shape index (κ3) is 5.27. The number of rotatable bonds is 4. The van der Waals surface area contributed by atoms with Gasteiger partial charge in [0.2, 0.25) is 0 Å². The SMILES string of the molecule is Cc1ccc(NC(=O)C(=O)N/N=C\c2sc(N3CCCCC3)nc2Cl)cc1. The molecule has 1 aromatic carbocycles. The van der Waals surface area contributed by atoms with Gasteiger partial charge in [-0.1, -0.05) is 40.6 Å². The summed E-state index contributed by atoms with van der Waals surface area (Å²) in [6.07, 6.45) is 4.94. The Kier molecular flexibility index (Phi) is 6.41. The minimum absolute atomic E-state index is 0.336. The highest BCUT2D eigenvalue weighted by molar-refractivity contribution is 7.17. The van der Waals surface area contributed by atoms with E-state index < -0.39 is 11.8 Å². The fourth-order valence-corrected chi connectivity index (χ4v) is 3.80. The zero-order valence-electron chi connectivity index (χ0n) is 14.9. The number of nitrogens with one attached hydrogen (secondary N) is 2. The Labute approximate surface area is 166 Å². The lowest BCUT2D eigenvalue weighted by atomic mass is 10.1. The summed E-state index contributed by atoms with van der Waals surface area (Å²) in [5.41, 5.74) is 3.81. The van der Waals surface area contributed by atoms with Gasteiger partial charge in [0.05, 0.1) is 11.1 Å². The Morgan fingerprint density at radius 2 is 1.89 bits per heavy atom. The first-order valence-electron chi connectivity index (χ1n) is 8.65. The second-order valence-electron chi connectivity index (χ2n) is 6.22. The largest absolute Gasteiger partial charge is 0.348 e. The maximum Gasteiger partial charge on any atom is 0.329 e. The fraction of sp³-hybridized carbons (Fsp3) is 0.333. The topological polar surface area (TPSA) is 86.7 Å². The Balaban J connectivity index is 1.55. The van der Waals surface area contributed by atoms with Crippen molar-refractivity contribution in [3.05, 3.63) is 39.9 Å². The molecule has 0 unspecified atom stereocenters. The summed E-state index contributed by atoms with van der Waals surface area (Å²) in [7, 11) is 0. The van der Waals surface area contributed by atoms with Crippen molar-refractivity contribution in [2.24, 2.45) is 5.10 Å². The van der Waals surface area contributed by atoms with Gasteiger partial charge in [0.15, 0.2) is 10.3 Å². The molecule has 0 radical (unpaired) electrons. The van der Waals surface area contributed by atoms with Gasteiger partial charge < -0.3 is 10.2 Å². The average Bonchev–Trinajstić information content (AvgIpc) is 3.05. The number of amides is 2. The number of carbonyl (C=O) groups is 2. The number of carbonyl (C=O) groups excluding carboxylic acids is 2. The first-order valence-corrected chi connectivity index (χ1v) is 9.85. The number of piperidine rings is 1. The molecule has 3 rings (SSSR count). The summed E-state index contributed by atoms with van der Waals surface area (Å²) >= 11 is 7.56. The standard InChI is InChI=1S/C18H20ClN5O2S/c1-12-5-7-13(8-6-12)21-16(25)17(26)23-20-11-14-15(19)22-18(27-14)24-9-3-2-4-10-24/h5-8,11H,2-4,9-10H2,1H3,(H,21,25)(H,23,26)/b20-11-. The van der Waals surface area contributed by atoms with Gasteiger partial charge >= 0.3 is 11.8 Å². The lowest BCUT2D eigenvalue weighted by Gasteiger charge is -2.25. The van der Waals surface area contributed by atoms with Gasteiger partial charge in [0, 0.05) is 18.8 Å². The molecule has 0 aliphatic carbocycles. The van der Waals surface area contributed by atoms with Crippen molar-refractivity contribution in [3.8, 4) is 0 Å². The van der Waals surface area contributed by atoms with E-state index in [9.17, 15) is 9.59 Å². The molecule has 2 heterocycles. The van der Waals surface area contributed by atoms with Gasteiger partial charge in [-0.3, -0.25) is 9.59 Å². The molecule has 1 aliphatic heterocycles. The van der Waals surface area contributed by atoms with E-state index in [0.29, 0.717) is 15.7 Å². The van der Waals surface area contributed by atoms with Crippen LogP contribution in [0.4, 0.5) is 10.8 Å². The van der Waals surface area contributed by atoms with Crippen molar-refractivity contribution >= 4 is 51.8 Å². The lowest BCUT2D eigenvalue weighted by Crippen LogP contribution is -2.32. The number of thiazole rings is 1. The molecular formula is C18H20ClN5O2S. The second kappa shape index (κ2) is 8.96. The van der Waals surface area contributed by atoms with Gasteiger partial charge in [-0.15, -0.1) is 0 Å². The van der Waals surface area contributed by atoms with Gasteiger partial charge in [0.1, 0.15) is 0 Å². The molecule has 0 atom stereocenters. The number of hydrogen-bond acceptors (Lipinski definition) is 6. The van der Waals surface area contributed by atoms with Crippen LogP contribution in [0, 0.1) is 6.92 Å². The molecule has 1 fully saturated rings. The maximum atomic E-state index is 11.9. The predicted octanol–water partition coefficient (Wildman–Crippen LogP) is 3.18. The zero-order valence-corrected chi connectivity index (χ0v) is 16.4. The summed E-state index contributed by atoms with van der Waals surface area (Å²) in [4.78, 5) is 30.9. The molecule has 9 heteroatoms. The lowest BCUT2D eigenvalue weighted by molar-refractivity contribution is -0.136. The van der Waals surface area contributed by atoms with E-state index in [1.807, 2.05) is 19.1 Å². The van der Waals surface area contributed by atoms with E-state index in [4.69, 9.17) is 11.6 Å². The van der Waals surface area contributed by atoms with Crippen LogP contribution in [0.15, 0.2) is 29.4 Å². The van der Waals surface area contributed by atoms with Crippen LogP contribution >= 0.6 is 22.9 Å². The van der Waals surface area contributed by atoms with Crippen molar-refractivity contribution in [2.45, 2.75) is 26.2 Å². The average molecular weight is 406 g/mol. The number of aryl methyl sites for hydroxylation is 1. The van der Waals surface area contributed by atoms with E-state index in [1.54, 1.807) is 12.1 Å². The Hall–Kier alpha value is -2.45. The fourth-order valence-electron chi connectivity index (χ4n) is 2.63. The highest BCUT2D eigenvalue weighted by Gasteiger charge is 2.17. The van der Waals surface area contributed by atoms with Crippen molar-refractivity contribution in [2.75, 3.05) is 23.3 Å². The number of aromatic nitrogens is 1. The Morgan fingerprint density at radius 1 is 1.19 bits per heavy atom. The van der Waals surface area contributed by atoms with Crippen LogP contribution in [0.25, 0.3) is 0 Å². The van der Waals surface area contributed by atoms with Crippen LogP contribution in [-0.2, 0) is 9.59 Å². The molecule has 7 nitrogen and oxygen atoms in total. The minimum atomic E-state index is -0.858. The zero-order chi connectivity index (χ0) is 19.2. The molecular weight excluding hydrogens is 386 g/mol. The van der Waals surface area contributed by atoms with E-state index >= 15 is 0 Å². The van der Waals surface area contributed by atoms with Gasteiger partial charge in [-0.25, -0.2) is 10.4 Å². The number of halogens is 1. The van der Waals surface area contributed by atoms with Crippen LogP contribution in [0.3, 0.4) is 0 Å². The molecule has 1 aromatic heterocycles. The second-order valence-corrected chi connectivity index (χ2v) is 7.59. The minimum Gasteiger partial charge on any atom is -0.348 e. The van der Waals surface area contributed by atoms with Crippen LogP contribution in [-0.4, -0.2) is 36.1 Å². The quantitative estimate of drug-likeness (QED) is 0.464. The number of anilines is 2. The van der Waals surface area contributed by atoms with E-state index in [1.165, 1.54) is 24.0 Å². The predicted molar refractivity (Wildman–Crippen MR) is 109 cm³/mol. The van der Waals surface area contributed by atoms with Gasteiger partial charge in [0.25, 0.3) is 0 Å². The smallest absolute Gasteiger partial charge is 0.329 e. The van der Waals surface area contributed by atoms with Crippen molar-refractivity contribution in [3.63, 3.8) is 0 Å². The van der Waals surface area contributed by atoms with Gasteiger partial charge in [-0.05, 0) is 38.3 Å². The monoisotopic (exact) mass is 405 g/mol. The van der Waals surface area contributed by atoms with Crippen LogP contribution in [0.5, 0.6) is 0 Å². The highest BCUT2D eigenvalue weighted by Crippen LogP contribution is 2.30. The number of hydrazone groups is 1. The van der Waals surface area contributed by atoms with Crippen LogP contribution in [0.2, 0.25) is 5.15 Å². The van der Waals surface area contributed by atoms with Crippen LogP contribution in [0.1, 0.15) is 29.7 Å². The number of nitrogens with zero attached hydrogens (tertiary/aromatic N) is 3. The molecule has 2 aromatic rings. The van der Waals surface area contributed by atoms with Gasteiger partial charge in [-0.2, -0.15) is 5.10 Å². The molecule has 0 bridgehead atoms. The molecule has 142 valence electrons. The summed E-state index contributed by atoms with van der Waals surface area (Å²) in [6.45, 7) is 3.88.